The summed E-state index contributed by atoms with van der Waals surface area (Å²) in [6, 6.07) is -0.721. The first kappa shape index (κ1) is 61.2. The minimum Gasteiger partial charge on any atom is -0.394 e. The molecule has 1 heterocycles. The Labute approximate surface area is 399 Å². The summed E-state index contributed by atoms with van der Waals surface area (Å²) in [6.07, 6.45) is 52.7. The first-order valence-electron chi connectivity index (χ1n) is 27.3. The smallest absolute Gasteiger partial charge is 0.220 e. The van der Waals surface area contributed by atoms with Crippen LogP contribution in [0.3, 0.4) is 0 Å². The highest BCUT2D eigenvalue weighted by atomic mass is 16.7. The molecule has 65 heavy (non-hydrogen) atoms. The van der Waals surface area contributed by atoms with Gasteiger partial charge in [0, 0.05) is 6.42 Å². The lowest BCUT2D eigenvalue weighted by Crippen LogP contribution is -2.60. The van der Waals surface area contributed by atoms with Crippen LogP contribution in [0.2, 0.25) is 0 Å². The number of nitrogens with one attached hydrogen (secondary N) is 1. The quantitative estimate of drug-likeness (QED) is 0.0261. The molecule has 0 bridgehead atoms. The molecule has 0 saturated carbocycles. The van der Waals surface area contributed by atoms with Crippen molar-refractivity contribution >= 4 is 5.91 Å². The zero-order valence-electron chi connectivity index (χ0n) is 42.0. The second-order valence-corrected chi connectivity index (χ2v) is 19.0. The number of aliphatic hydroxyl groups is 5. The molecule has 1 fully saturated rings. The van der Waals surface area contributed by atoms with Crippen LogP contribution in [-0.4, -0.2) is 87.5 Å². The first-order chi connectivity index (χ1) is 31.8. The van der Waals surface area contributed by atoms with Gasteiger partial charge in [-0.2, -0.15) is 0 Å². The van der Waals surface area contributed by atoms with Crippen molar-refractivity contribution in [1.29, 1.82) is 0 Å². The minimum absolute atomic E-state index is 0.138. The van der Waals surface area contributed by atoms with Crippen molar-refractivity contribution in [3.05, 3.63) is 48.6 Å². The summed E-state index contributed by atoms with van der Waals surface area (Å²) in [7, 11) is 0. The van der Waals surface area contributed by atoms with Crippen molar-refractivity contribution in [2.24, 2.45) is 0 Å². The lowest BCUT2D eigenvalue weighted by molar-refractivity contribution is -0.302. The lowest BCUT2D eigenvalue weighted by Gasteiger charge is -2.40. The van der Waals surface area contributed by atoms with E-state index in [1.54, 1.807) is 0 Å². The Kier molecular flexibility index (Phi) is 43.2. The Hall–Kier alpha value is -1.85. The van der Waals surface area contributed by atoms with Crippen LogP contribution in [0.1, 0.15) is 245 Å². The van der Waals surface area contributed by atoms with Gasteiger partial charge in [-0.05, 0) is 51.4 Å². The number of carbonyl (C=O) groups is 1. The molecular weight excluding hydrogens is 815 g/mol. The third kappa shape index (κ3) is 35.9. The largest absolute Gasteiger partial charge is 0.394 e. The average molecular weight is 918 g/mol. The van der Waals surface area contributed by atoms with Gasteiger partial charge in [0.15, 0.2) is 6.29 Å². The fraction of sp³-hybridized carbons (Fsp3) is 0.839. The van der Waals surface area contributed by atoms with E-state index < -0.39 is 49.5 Å². The maximum Gasteiger partial charge on any atom is 0.220 e. The molecule has 0 spiro atoms. The summed E-state index contributed by atoms with van der Waals surface area (Å²) in [5, 5.41) is 54.6. The molecule has 1 saturated heterocycles. The van der Waals surface area contributed by atoms with Gasteiger partial charge in [-0.1, -0.05) is 236 Å². The molecule has 0 aromatic rings. The Morgan fingerprint density at radius 2 is 0.954 bits per heavy atom. The maximum atomic E-state index is 13.1. The van der Waals surface area contributed by atoms with Crippen LogP contribution in [0.15, 0.2) is 48.6 Å². The molecule has 7 unspecified atom stereocenters. The van der Waals surface area contributed by atoms with Crippen molar-refractivity contribution in [1.82, 2.24) is 5.32 Å². The average Bonchev–Trinajstić information content (AvgIpc) is 3.31. The molecule has 0 aromatic carbocycles. The van der Waals surface area contributed by atoms with Gasteiger partial charge in [0.1, 0.15) is 24.4 Å². The number of hydrogen-bond acceptors (Lipinski definition) is 8. The van der Waals surface area contributed by atoms with E-state index in [4.69, 9.17) is 9.47 Å². The van der Waals surface area contributed by atoms with Crippen molar-refractivity contribution in [3.63, 3.8) is 0 Å². The second-order valence-electron chi connectivity index (χ2n) is 19.0. The highest BCUT2D eigenvalue weighted by Crippen LogP contribution is 2.23. The normalized spacial score (nSPS) is 20.3. The summed E-state index contributed by atoms with van der Waals surface area (Å²) in [4.78, 5) is 13.1. The van der Waals surface area contributed by atoms with Gasteiger partial charge in [0.25, 0.3) is 0 Å². The fourth-order valence-electron chi connectivity index (χ4n) is 8.62. The summed E-state index contributed by atoms with van der Waals surface area (Å²) in [6.45, 7) is 3.74. The van der Waals surface area contributed by atoms with Crippen molar-refractivity contribution in [2.75, 3.05) is 13.2 Å². The molecule has 1 aliphatic rings. The Morgan fingerprint density at radius 1 is 0.538 bits per heavy atom. The summed E-state index contributed by atoms with van der Waals surface area (Å²) < 4.78 is 11.3. The molecule has 1 rings (SSSR count). The van der Waals surface area contributed by atoms with Crippen LogP contribution in [0, 0.1) is 0 Å². The van der Waals surface area contributed by atoms with Crippen LogP contribution in [0.25, 0.3) is 0 Å². The first-order valence-corrected chi connectivity index (χ1v) is 27.3. The van der Waals surface area contributed by atoms with Gasteiger partial charge in [0.2, 0.25) is 5.91 Å². The van der Waals surface area contributed by atoms with Crippen LogP contribution in [-0.2, 0) is 14.3 Å². The monoisotopic (exact) mass is 918 g/mol. The van der Waals surface area contributed by atoms with Crippen molar-refractivity contribution in [2.45, 2.75) is 288 Å². The molecule has 9 heteroatoms. The molecule has 7 atom stereocenters. The fourth-order valence-corrected chi connectivity index (χ4v) is 8.62. The van der Waals surface area contributed by atoms with Crippen LogP contribution >= 0.6 is 0 Å². The molecular formula is C56H103NO8. The highest BCUT2D eigenvalue weighted by Gasteiger charge is 2.44. The zero-order valence-corrected chi connectivity index (χ0v) is 42.0. The topological polar surface area (TPSA) is 149 Å². The number of carbonyl (C=O) groups excluding carboxylic acids is 1. The van der Waals surface area contributed by atoms with E-state index in [1.165, 1.54) is 154 Å². The number of amides is 1. The summed E-state index contributed by atoms with van der Waals surface area (Å²) in [5.41, 5.74) is 0. The number of ether oxygens (including phenoxy) is 2. The Balaban J connectivity index is 2.22. The van der Waals surface area contributed by atoms with Crippen molar-refractivity contribution < 1.29 is 39.8 Å². The van der Waals surface area contributed by atoms with Gasteiger partial charge < -0.3 is 40.3 Å². The molecule has 1 aliphatic heterocycles. The van der Waals surface area contributed by atoms with E-state index >= 15 is 0 Å². The number of unbranched alkanes of at least 4 members (excludes halogenated alkanes) is 28. The van der Waals surface area contributed by atoms with E-state index in [9.17, 15) is 30.3 Å². The molecule has 380 valence electrons. The van der Waals surface area contributed by atoms with E-state index in [2.05, 4.69) is 67.8 Å². The predicted octanol–water partition coefficient (Wildman–Crippen LogP) is 13.0. The second kappa shape index (κ2) is 45.9. The molecule has 0 aromatic heterocycles. The third-order valence-electron chi connectivity index (χ3n) is 12.9. The van der Waals surface area contributed by atoms with Gasteiger partial charge in [-0.25, -0.2) is 0 Å². The molecule has 1 amide bonds. The number of rotatable bonds is 46. The third-order valence-corrected chi connectivity index (χ3v) is 12.9. The summed E-state index contributed by atoms with van der Waals surface area (Å²) in [5.74, 6) is -0.146. The molecule has 6 N–H and O–H groups in total. The van der Waals surface area contributed by atoms with Crippen LogP contribution in [0.5, 0.6) is 0 Å². The molecule has 0 radical (unpaired) electrons. The maximum absolute atomic E-state index is 13.1. The van der Waals surface area contributed by atoms with Gasteiger partial charge in [0.05, 0.1) is 25.4 Å². The van der Waals surface area contributed by atoms with E-state index in [-0.39, 0.29) is 12.5 Å². The predicted molar refractivity (Wildman–Crippen MR) is 272 cm³/mol. The lowest BCUT2D eigenvalue weighted by atomic mass is 9.99. The zero-order chi connectivity index (χ0) is 47.3. The number of hydrogen-bond donors (Lipinski definition) is 6. The minimum atomic E-state index is -1.55. The van der Waals surface area contributed by atoms with Crippen LogP contribution < -0.4 is 5.32 Å². The number of aliphatic hydroxyl groups excluding tert-OH is 5. The summed E-state index contributed by atoms with van der Waals surface area (Å²) >= 11 is 0. The van der Waals surface area contributed by atoms with Gasteiger partial charge in [-0.15, -0.1) is 0 Å². The van der Waals surface area contributed by atoms with Crippen molar-refractivity contribution in [3.8, 4) is 0 Å². The molecule has 9 nitrogen and oxygen atoms in total. The Bertz CT molecular complexity index is 1160. The number of allylic oxidation sites excluding steroid dienone is 8. The van der Waals surface area contributed by atoms with Crippen LogP contribution in [0.4, 0.5) is 0 Å². The standard InChI is InChI=1S/C56H103NO8/c1-3-5-7-9-11-13-15-17-19-21-22-23-24-25-26-27-28-30-32-34-36-38-40-42-44-46-52(60)57-49(48-64-56-55(63)54(62)53(61)51(47-58)65-56)50(59)45-43-41-39-37-35-33-31-29-20-18-16-14-12-10-8-6-4-2/h5,7,11,13,17,19,22-23,49-51,53-56,58-59,61-63H,3-4,6,8-10,12,14-16,18,20-21,24-48H2,1-2H3,(H,57,60)/b7-5-,13-11-,19-17-,23-22-. The van der Waals surface area contributed by atoms with Gasteiger partial charge in [-0.3, -0.25) is 4.79 Å². The SMILES string of the molecule is CC/C=C\C/C=C\C/C=C\C/C=C\CCCCCCCCCCCCCCC(=O)NC(COC1OC(CO)C(O)C(O)C1O)C(O)CCCCCCCCCCCCCCCCCCC. The Morgan fingerprint density at radius 3 is 1.42 bits per heavy atom. The highest BCUT2D eigenvalue weighted by molar-refractivity contribution is 5.76. The molecule has 0 aliphatic carbocycles. The van der Waals surface area contributed by atoms with Gasteiger partial charge >= 0.3 is 0 Å². The van der Waals surface area contributed by atoms with E-state index in [0.717, 1.165) is 64.2 Å². The van der Waals surface area contributed by atoms with E-state index in [1.807, 2.05) is 0 Å². The van der Waals surface area contributed by atoms with E-state index in [0.29, 0.717) is 12.8 Å².